The second kappa shape index (κ2) is 7.25. The lowest BCUT2D eigenvalue weighted by Gasteiger charge is -2.51. The van der Waals surface area contributed by atoms with Gasteiger partial charge in [0.1, 0.15) is 6.26 Å². The van der Waals surface area contributed by atoms with Gasteiger partial charge in [0, 0.05) is 44.0 Å². The highest BCUT2D eigenvalue weighted by molar-refractivity contribution is 5.93. The molecule has 140 valence electrons. The maximum atomic E-state index is 12.6. The zero-order valence-corrected chi connectivity index (χ0v) is 14.9. The lowest BCUT2D eigenvalue weighted by atomic mass is 9.64. The molecule has 2 aromatic heterocycles. The zero-order valence-electron chi connectivity index (χ0n) is 14.9. The van der Waals surface area contributed by atoms with Gasteiger partial charge in [0.05, 0.1) is 18.2 Å². The smallest absolute Gasteiger partial charge is 0.257 e. The summed E-state index contributed by atoms with van der Waals surface area (Å²) in [5.74, 6) is 0.144. The summed E-state index contributed by atoms with van der Waals surface area (Å²) in [6.45, 7) is 4.44. The number of nitrogens with one attached hydrogen (secondary N) is 1. The van der Waals surface area contributed by atoms with Gasteiger partial charge in [-0.2, -0.15) is 0 Å². The molecule has 0 aliphatic carbocycles. The number of imidazole rings is 1. The molecule has 26 heavy (non-hydrogen) atoms. The summed E-state index contributed by atoms with van der Waals surface area (Å²) in [5, 5.41) is 10.0. The number of rotatable bonds is 4. The Bertz CT molecular complexity index is 705. The predicted octanol–water partition coefficient (Wildman–Crippen LogP) is 1.74. The number of aromatic amines is 1. The molecule has 2 fully saturated rings. The second-order valence-electron chi connectivity index (χ2n) is 7.61. The maximum Gasteiger partial charge on any atom is 0.257 e. The van der Waals surface area contributed by atoms with E-state index in [9.17, 15) is 9.90 Å². The van der Waals surface area contributed by atoms with E-state index < -0.39 is 0 Å². The number of likely N-dealkylation sites (tertiary alicyclic amines) is 2. The highest BCUT2D eigenvalue weighted by Crippen LogP contribution is 2.45. The van der Waals surface area contributed by atoms with E-state index in [1.54, 1.807) is 12.4 Å². The monoisotopic (exact) mass is 358 g/mol. The van der Waals surface area contributed by atoms with Gasteiger partial charge < -0.3 is 19.4 Å². The van der Waals surface area contributed by atoms with Crippen LogP contribution in [0.3, 0.4) is 0 Å². The number of aromatic nitrogens is 2. The van der Waals surface area contributed by atoms with Crippen molar-refractivity contribution in [3.05, 3.63) is 42.4 Å². The first-order valence-corrected chi connectivity index (χ1v) is 9.32. The molecule has 1 unspecified atom stereocenters. The molecule has 7 heteroatoms. The highest BCUT2D eigenvalue weighted by atomic mass is 16.3. The molecule has 2 saturated heterocycles. The molecule has 2 aromatic rings. The molecule has 4 heterocycles. The Morgan fingerprint density at radius 2 is 2.15 bits per heavy atom. The Labute approximate surface area is 153 Å². The number of carbonyl (C=O) groups is 1. The normalized spacial score (nSPS) is 23.4. The van der Waals surface area contributed by atoms with Crippen LogP contribution in [0.25, 0.3) is 0 Å². The number of piperidine rings is 2. The number of hydrogen-bond donors (Lipinski definition) is 2. The molecule has 2 aliphatic heterocycles. The average Bonchev–Trinajstić information content (AvgIpc) is 3.37. The van der Waals surface area contributed by atoms with Crippen LogP contribution < -0.4 is 0 Å². The van der Waals surface area contributed by atoms with E-state index in [1.807, 2.05) is 11.1 Å². The van der Waals surface area contributed by atoms with E-state index in [2.05, 4.69) is 14.9 Å². The van der Waals surface area contributed by atoms with Gasteiger partial charge in [-0.15, -0.1) is 0 Å². The van der Waals surface area contributed by atoms with Crippen LogP contribution in [0.4, 0.5) is 0 Å². The van der Waals surface area contributed by atoms with Crippen molar-refractivity contribution < 1.29 is 14.3 Å². The van der Waals surface area contributed by atoms with Crippen LogP contribution in [0.5, 0.6) is 0 Å². The van der Waals surface area contributed by atoms with Crippen LogP contribution in [-0.2, 0) is 6.54 Å². The number of furan rings is 1. The first kappa shape index (κ1) is 17.3. The summed E-state index contributed by atoms with van der Waals surface area (Å²) in [7, 11) is 0. The first-order valence-electron chi connectivity index (χ1n) is 9.32. The average molecular weight is 358 g/mol. The number of amides is 1. The number of hydrogen-bond acceptors (Lipinski definition) is 5. The number of H-pyrrole nitrogens is 1. The van der Waals surface area contributed by atoms with Gasteiger partial charge in [-0.3, -0.25) is 9.69 Å². The summed E-state index contributed by atoms with van der Waals surface area (Å²) >= 11 is 0. The minimum Gasteiger partial charge on any atom is -0.472 e. The van der Waals surface area contributed by atoms with Gasteiger partial charge in [-0.05, 0) is 43.8 Å². The maximum absolute atomic E-state index is 12.6. The zero-order chi connectivity index (χ0) is 18.0. The Morgan fingerprint density at radius 3 is 2.81 bits per heavy atom. The van der Waals surface area contributed by atoms with E-state index >= 15 is 0 Å². The summed E-state index contributed by atoms with van der Waals surface area (Å²) in [4.78, 5) is 24.1. The summed E-state index contributed by atoms with van der Waals surface area (Å²) in [6.07, 6.45) is 9.71. The molecule has 1 atom stereocenters. The number of carbonyl (C=O) groups excluding carboxylic acids is 1. The highest BCUT2D eigenvalue weighted by Gasteiger charge is 2.45. The fraction of sp³-hybridized carbons (Fsp3) is 0.579. The summed E-state index contributed by atoms with van der Waals surface area (Å²) < 4.78 is 5.03. The molecule has 2 aliphatic rings. The van der Waals surface area contributed by atoms with Crippen molar-refractivity contribution in [2.24, 2.45) is 11.3 Å². The van der Waals surface area contributed by atoms with Gasteiger partial charge in [-0.1, -0.05) is 0 Å². The molecule has 0 saturated carbocycles. The van der Waals surface area contributed by atoms with Gasteiger partial charge in [-0.25, -0.2) is 4.98 Å². The summed E-state index contributed by atoms with van der Waals surface area (Å²) in [6, 6.07) is 1.70. The fourth-order valence-corrected chi connectivity index (χ4v) is 4.54. The van der Waals surface area contributed by atoms with Gasteiger partial charge >= 0.3 is 0 Å². The number of aliphatic hydroxyl groups is 1. The van der Waals surface area contributed by atoms with Crippen LogP contribution >= 0.6 is 0 Å². The lowest BCUT2D eigenvalue weighted by molar-refractivity contribution is -0.0366. The van der Waals surface area contributed by atoms with Crippen molar-refractivity contribution in [2.45, 2.75) is 25.8 Å². The van der Waals surface area contributed by atoms with Gasteiger partial charge in [0.2, 0.25) is 0 Å². The van der Waals surface area contributed by atoms with Crippen molar-refractivity contribution in [3.8, 4) is 0 Å². The van der Waals surface area contributed by atoms with Crippen LogP contribution in [0.2, 0.25) is 0 Å². The Balaban J connectivity index is 1.38. The number of nitrogens with zero attached hydrogens (tertiary/aromatic N) is 3. The SMILES string of the molecule is O=C(c1ccoc1)N1CCC2(CCN(Cc3cnc[nH]3)CC2)C(CO)C1. The van der Waals surface area contributed by atoms with Crippen LogP contribution in [-0.4, -0.2) is 63.6 Å². The second-order valence-corrected chi connectivity index (χ2v) is 7.61. The molecule has 4 rings (SSSR count). The van der Waals surface area contributed by atoms with Crippen molar-refractivity contribution in [1.29, 1.82) is 0 Å². The third kappa shape index (κ3) is 3.29. The van der Waals surface area contributed by atoms with Crippen molar-refractivity contribution in [1.82, 2.24) is 19.8 Å². The molecule has 1 spiro atoms. The third-order valence-corrected chi connectivity index (χ3v) is 6.26. The number of aliphatic hydroxyl groups excluding tert-OH is 1. The van der Waals surface area contributed by atoms with Crippen molar-refractivity contribution >= 4 is 5.91 Å². The predicted molar refractivity (Wildman–Crippen MR) is 95.3 cm³/mol. The van der Waals surface area contributed by atoms with Gasteiger partial charge in [0.15, 0.2) is 0 Å². The Morgan fingerprint density at radius 1 is 1.35 bits per heavy atom. The standard InChI is InChI=1S/C19H26N4O3/c24-12-16-10-23(18(25)15-1-8-26-13-15)7-4-19(16)2-5-22(6-3-19)11-17-9-20-14-21-17/h1,8-9,13-14,16,24H,2-7,10-12H2,(H,20,21). The molecule has 0 bridgehead atoms. The third-order valence-electron chi connectivity index (χ3n) is 6.26. The van der Waals surface area contributed by atoms with Crippen LogP contribution in [0, 0.1) is 11.3 Å². The van der Waals surface area contributed by atoms with Crippen molar-refractivity contribution in [3.63, 3.8) is 0 Å². The lowest BCUT2D eigenvalue weighted by Crippen LogP contribution is -2.54. The minimum atomic E-state index is 0.00345. The Kier molecular flexibility index (Phi) is 4.82. The Hall–Kier alpha value is -2.12. The molecule has 0 radical (unpaired) electrons. The van der Waals surface area contributed by atoms with E-state index in [-0.39, 0.29) is 23.8 Å². The fourth-order valence-electron chi connectivity index (χ4n) is 4.54. The molecule has 7 nitrogen and oxygen atoms in total. The largest absolute Gasteiger partial charge is 0.472 e. The topological polar surface area (TPSA) is 85.6 Å². The van der Waals surface area contributed by atoms with Crippen LogP contribution in [0.15, 0.2) is 35.5 Å². The quantitative estimate of drug-likeness (QED) is 0.870. The molecular formula is C19H26N4O3. The van der Waals surface area contributed by atoms with Crippen LogP contribution in [0.1, 0.15) is 35.3 Å². The van der Waals surface area contributed by atoms with E-state index in [4.69, 9.17) is 4.42 Å². The van der Waals surface area contributed by atoms with E-state index in [0.717, 1.165) is 51.1 Å². The molecular weight excluding hydrogens is 332 g/mol. The van der Waals surface area contributed by atoms with Gasteiger partial charge in [0.25, 0.3) is 5.91 Å². The van der Waals surface area contributed by atoms with E-state index in [0.29, 0.717) is 12.1 Å². The minimum absolute atomic E-state index is 0.00345. The summed E-state index contributed by atoms with van der Waals surface area (Å²) in [5.41, 5.74) is 1.87. The first-order chi connectivity index (χ1) is 12.7. The molecule has 2 N–H and O–H groups in total. The van der Waals surface area contributed by atoms with Crippen molar-refractivity contribution in [2.75, 3.05) is 32.8 Å². The molecule has 0 aromatic carbocycles. The molecule has 1 amide bonds. The van der Waals surface area contributed by atoms with E-state index in [1.165, 1.54) is 12.5 Å².